The molecular weight excluding hydrogens is 488 g/mol. The summed E-state index contributed by atoms with van der Waals surface area (Å²) in [7, 11) is 0. The fourth-order valence-electron chi connectivity index (χ4n) is 2.67. The van der Waals surface area contributed by atoms with Crippen molar-refractivity contribution >= 4 is 0 Å². The summed E-state index contributed by atoms with van der Waals surface area (Å²) in [5.41, 5.74) is -8.12. The molecule has 0 aromatic heterocycles. The summed E-state index contributed by atoms with van der Waals surface area (Å²) in [4.78, 5) is 0. The van der Waals surface area contributed by atoms with E-state index in [1.807, 2.05) is 0 Å². The van der Waals surface area contributed by atoms with E-state index < -0.39 is 65.5 Å². The molecule has 0 amide bonds. The van der Waals surface area contributed by atoms with Gasteiger partial charge in [-0.05, 0) is 0 Å². The van der Waals surface area contributed by atoms with Crippen LogP contribution < -0.4 is 0 Å². The number of hydrogen-bond donors (Lipinski definition) is 0. The van der Waals surface area contributed by atoms with E-state index in [-0.39, 0.29) is 6.92 Å². The molecule has 0 N–H and O–H groups in total. The van der Waals surface area contributed by atoms with Crippen molar-refractivity contribution in [3.8, 4) is 0 Å². The third-order valence-electron chi connectivity index (χ3n) is 4.81. The highest BCUT2D eigenvalue weighted by Crippen LogP contribution is 2.72. The van der Waals surface area contributed by atoms with Crippen molar-refractivity contribution < 1.29 is 75.0 Å². The van der Waals surface area contributed by atoms with Crippen LogP contribution in [0.2, 0.25) is 0 Å². The van der Waals surface area contributed by atoms with E-state index in [1.54, 1.807) is 0 Å². The predicted molar refractivity (Wildman–Crippen MR) is 68.5 cm³/mol. The van der Waals surface area contributed by atoms with Crippen molar-refractivity contribution in [2.45, 2.75) is 80.4 Å². The second-order valence-electron chi connectivity index (χ2n) is 7.01. The highest BCUT2D eigenvalue weighted by Gasteiger charge is 3.06. The van der Waals surface area contributed by atoms with Gasteiger partial charge in [0.25, 0.3) is 5.85 Å². The van der Waals surface area contributed by atoms with E-state index in [9.17, 15) is 70.2 Å². The van der Waals surface area contributed by atoms with E-state index in [0.717, 1.165) is 0 Å². The molecule has 1 aliphatic carbocycles. The quantitative estimate of drug-likeness (QED) is 0.362. The molecule has 186 valence electrons. The van der Waals surface area contributed by atoms with Crippen LogP contribution in [-0.2, 0) is 4.74 Å². The molecular formula is C14H12F16O. The van der Waals surface area contributed by atoms with Gasteiger partial charge in [0.1, 0.15) is 0 Å². The zero-order valence-electron chi connectivity index (χ0n) is 15.2. The van der Waals surface area contributed by atoms with Crippen LogP contribution in [-0.4, -0.2) is 53.2 Å². The van der Waals surface area contributed by atoms with Gasteiger partial charge < -0.3 is 0 Å². The van der Waals surface area contributed by atoms with Gasteiger partial charge in [0.2, 0.25) is 0 Å². The Bertz CT molecular complexity index is 668. The Kier molecular flexibility index (Phi) is 6.01. The molecule has 1 atom stereocenters. The van der Waals surface area contributed by atoms with E-state index >= 15 is 0 Å². The zero-order valence-corrected chi connectivity index (χ0v) is 15.2. The molecule has 0 aliphatic heterocycles. The van der Waals surface area contributed by atoms with Crippen molar-refractivity contribution in [1.82, 2.24) is 0 Å². The van der Waals surface area contributed by atoms with Crippen molar-refractivity contribution in [1.29, 1.82) is 0 Å². The summed E-state index contributed by atoms with van der Waals surface area (Å²) < 4.78 is 221. The highest BCUT2D eigenvalue weighted by atomic mass is 19.4. The predicted octanol–water partition coefficient (Wildman–Crippen LogP) is 6.86. The molecule has 17 heteroatoms. The van der Waals surface area contributed by atoms with Crippen LogP contribution in [0.5, 0.6) is 0 Å². The summed E-state index contributed by atoms with van der Waals surface area (Å²) in [6, 6.07) is 0. The molecule has 1 aliphatic rings. The first-order chi connectivity index (χ1) is 13.2. The lowest BCUT2D eigenvalue weighted by Gasteiger charge is -2.54. The molecule has 0 saturated heterocycles. The third kappa shape index (κ3) is 2.82. The minimum absolute atomic E-state index is 0.200. The summed E-state index contributed by atoms with van der Waals surface area (Å²) in [5.74, 6) is -53.0. The Hall–Kier alpha value is -1.16. The summed E-state index contributed by atoms with van der Waals surface area (Å²) >= 11 is 0. The molecule has 31 heavy (non-hydrogen) atoms. The monoisotopic (exact) mass is 500 g/mol. The lowest BCUT2D eigenvalue weighted by Crippen LogP contribution is -2.87. The van der Waals surface area contributed by atoms with E-state index in [2.05, 4.69) is 4.74 Å². The normalized spacial score (nSPS) is 28.3. The first kappa shape index (κ1) is 27.9. The molecule has 0 radical (unpaired) electrons. The Morgan fingerprint density at radius 1 is 0.613 bits per heavy atom. The lowest BCUT2D eigenvalue weighted by molar-refractivity contribution is -0.540. The van der Waals surface area contributed by atoms with Gasteiger partial charge in [0.05, 0.1) is 0 Å². The Labute approximate surface area is 162 Å². The fourth-order valence-corrected chi connectivity index (χ4v) is 2.67. The van der Waals surface area contributed by atoms with Gasteiger partial charge in [-0.1, -0.05) is 20.8 Å². The van der Waals surface area contributed by atoms with Gasteiger partial charge in [-0.2, -0.15) is 61.5 Å². The van der Waals surface area contributed by atoms with Crippen LogP contribution in [0, 0.1) is 5.92 Å². The number of rotatable bonds is 6. The van der Waals surface area contributed by atoms with Gasteiger partial charge in [0, 0.05) is 12.3 Å². The number of halogens is 16. The second kappa shape index (κ2) is 6.68. The zero-order chi connectivity index (χ0) is 25.5. The van der Waals surface area contributed by atoms with Gasteiger partial charge in [-0.25, -0.2) is 8.78 Å². The standard InChI is InChI=1S/C14H12F16O/c1-4-6(15,7(16,17)5(2)3)31-14(29,30)8(18)9(19,20)11(23,24)13(27,28)12(25,26)10(8,21)22/h5H,4H2,1-3H3. The lowest BCUT2D eigenvalue weighted by atomic mass is 9.71. The number of ether oxygens (including phenoxy) is 1. The number of alkyl halides is 16. The molecule has 0 aromatic rings. The molecule has 1 unspecified atom stereocenters. The topological polar surface area (TPSA) is 9.23 Å². The molecule has 1 fully saturated rings. The van der Waals surface area contributed by atoms with Crippen molar-refractivity contribution in [3.05, 3.63) is 0 Å². The van der Waals surface area contributed by atoms with Gasteiger partial charge in [0.15, 0.2) is 0 Å². The highest BCUT2D eigenvalue weighted by molar-refractivity contribution is 5.29. The van der Waals surface area contributed by atoms with Crippen molar-refractivity contribution in [3.63, 3.8) is 0 Å². The summed E-state index contributed by atoms with van der Waals surface area (Å²) in [6.45, 7) is 0.957. The van der Waals surface area contributed by atoms with Crippen LogP contribution in [0.3, 0.4) is 0 Å². The molecule has 1 rings (SSSR count). The molecule has 0 spiro atoms. The Morgan fingerprint density at radius 3 is 1.16 bits per heavy atom. The maximum Gasteiger partial charge on any atom is 0.405 e. The Balaban J connectivity index is 3.91. The van der Waals surface area contributed by atoms with E-state index in [1.165, 1.54) is 0 Å². The molecule has 0 heterocycles. The first-order valence-corrected chi connectivity index (χ1v) is 7.94. The Morgan fingerprint density at radius 2 is 0.903 bits per heavy atom. The number of hydrogen-bond acceptors (Lipinski definition) is 1. The molecule has 0 bridgehead atoms. The fraction of sp³-hybridized carbons (Fsp3) is 1.00. The maximum atomic E-state index is 14.4. The minimum atomic E-state index is -8.12. The van der Waals surface area contributed by atoms with E-state index in [0.29, 0.717) is 13.8 Å². The largest absolute Gasteiger partial charge is 0.405 e. The smallest absolute Gasteiger partial charge is 0.274 e. The van der Waals surface area contributed by atoms with Crippen molar-refractivity contribution in [2.75, 3.05) is 0 Å². The summed E-state index contributed by atoms with van der Waals surface area (Å²) in [5, 5.41) is 0. The van der Waals surface area contributed by atoms with Crippen LogP contribution in [0.4, 0.5) is 70.2 Å². The van der Waals surface area contributed by atoms with Crippen molar-refractivity contribution in [2.24, 2.45) is 5.92 Å². The molecule has 1 saturated carbocycles. The van der Waals surface area contributed by atoms with Crippen LogP contribution >= 0.6 is 0 Å². The van der Waals surface area contributed by atoms with Gasteiger partial charge in [-0.15, -0.1) is 0 Å². The van der Waals surface area contributed by atoms with E-state index in [4.69, 9.17) is 0 Å². The van der Waals surface area contributed by atoms with Crippen LogP contribution in [0.15, 0.2) is 0 Å². The van der Waals surface area contributed by atoms with Gasteiger partial charge in [-0.3, -0.25) is 4.74 Å². The maximum absolute atomic E-state index is 14.4. The van der Waals surface area contributed by atoms with Crippen LogP contribution in [0.25, 0.3) is 0 Å². The minimum Gasteiger partial charge on any atom is -0.274 e. The second-order valence-corrected chi connectivity index (χ2v) is 7.01. The first-order valence-electron chi connectivity index (χ1n) is 7.94. The summed E-state index contributed by atoms with van der Waals surface area (Å²) in [6.07, 6.45) is -9.70. The third-order valence-corrected chi connectivity index (χ3v) is 4.81. The average Bonchev–Trinajstić information content (AvgIpc) is 2.57. The van der Waals surface area contributed by atoms with Gasteiger partial charge >= 0.3 is 47.3 Å². The average molecular weight is 500 g/mol. The SMILES string of the molecule is CCC(F)(OC(F)(F)C1(F)C(F)(F)C(F)(F)C(F)(F)C(F)(F)C1(F)F)C(F)(F)C(C)C. The van der Waals surface area contributed by atoms with Crippen LogP contribution in [0.1, 0.15) is 27.2 Å². The molecule has 1 nitrogen and oxygen atoms in total. The molecule has 0 aromatic carbocycles.